The van der Waals surface area contributed by atoms with E-state index in [1.165, 1.54) is 5.56 Å². The molecule has 0 unspecified atom stereocenters. The molecule has 150 valence electrons. The Morgan fingerprint density at radius 3 is 2.37 bits per heavy atom. The second-order valence-corrected chi connectivity index (χ2v) is 7.36. The van der Waals surface area contributed by atoms with Crippen LogP contribution in [-0.2, 0) is 0 Å². The van der Waals surface area contributed by atoms with Crippen LogP contribution in [0.5, 0.6) is 5.75 Å². The molecule has 0 saturated heterocycles. The second-order valence-electron chi connectivity index (χ2n) is 7.36. The van der Waals surface area contributed by atoms with Crippen LogP contribution in [-0.4, -0.2) is 21.8 Å². The van der Waals surface area contributed by atoms with Crippen molar-refractivity contribution in [2.75, 3.05) is 0 Å². The van der Waals surface area contributed by atoms with Crippen molar-refractivity contribution in [1.82, 2.24) is 9.99 Å². The van der Waals surface area contributed by atoms with E-state index in [1.807, 2.05) is 56.3 Å². The van der Waals surface area contributed by atoms with Crippen LogP contribution in [0.15, 0.2) is 71.8 Å². The van der Waals surface area contributed by atoms with Gasteiger partial charge < -0.3 is 9.67 Å². The summed E-state index contributed by atoms with van der Waals surface area (Å²) in [6, 6.07) is 21.1. The maximum absolute atomic E-state index is 12.5. The van der Waals surface area contributed by atoms with Gasteiger partial charge in [-0.1, -0.05) is 42.5 Å². The highest BCUT2D eigenvalue weighted by Gasteiger charge is 2.13. The lowest BCUT2D eigenvalue weighted by atomic mass is 10.1. The predicted octanol–water partition coefficient (Wildman–Crippen LogP) is 5.03. The molecule has 3 aromatic carbocycles. The van der Waals surface area contributed by atoms with Crippen LogP contribution in [0, 0.1) is 20.8 Å². The van der Waals surface area contributed by atoms with Crippen molar-refractivity contribution in [2.24, 2.45) is 5.10 Å². The Hall–Kier alpha value is -3.86. The fraction of sp³-hybridized carbons (Fsp3) is 0.120. The molecule has 0 aliphatic rings. The van der Waals surface area contributed by atoms with E-state index in [1.54, 1.807) is 18.3 Å². The first-order valence-corrected chi connectivity index (χ1v) is 9.76. The SMILES string of the molecule is Cc1ccccc1-n1c(C)cc(/C=N\NC(=O)c2cc3ccccc3cc2O)c1C. The fourth-order valence-corrected chi connectivity index (χ4v) is 3.73. The van der Waals surface area contributed by atoms with Gasteiger partial charge in [0.2, 0.25) is 0 Å². The number of nitrogens with one attached hydrogen (secondary N) is 1. The molecule has 0 aliphatic carbocycles. The van der Waals surface area contributed by atoms with E-state index in [0.29, 0.717) is 0 Å². The normalized spacial score (nSPS) is 11.3. The molecule has 30 heavy (non-hydrogen) atoms. The van der Waals surface area contributed by atoms with E-state index >= 15 is 0 Å². The number of hydrogen-bond donors (Lipinski definition) is 2. The third kappa shape index (κ3) is 3.57. The molecule has 0 atom stereocenters. The van der Waals surface area contributed by atoms with Crippen LogP contribution in [0.4, 0.5) is 0 Å². The van der Waals surface area contributed by atoms with Gasteiger partial charge in [-0.15, -0.1) is 0 Å². The Labute approximate surface area is 175 Å². The maximum Gasteiger partial charge on any atom is 0.275 e. The Morgan fingerprint density at radius 2 is 1.63 bits per heavy atom. The van der Waals surface area contributed by atoms with E-state index in [0.717, 1.165) is 33.4 Å². The Balaban J connectivity index is 1.57. The smallest absolute Gasteiger partial charge is 0.275 e. The summed E-state index contributed by atoms with van der Waals surface area (Å²) in [6.45, 7) is 6.15. The largest absolute Gasteiger partial charge is 0.507 e. The van der Waals surface area contributed by atoms with E-state index in [-0.39, 0.29) is 11.3 Å². The second kappa shape index (κ2) is 7.87. The lowest BCUT2D eigenvalue weighted by Gasteiger charge is -2.12. The standard InChI is InChI=1S/C25H23N3O2/c1-16-8-4-7-11-23(16)28-17(2)12-21(18(28)3)15-26-27-25(30)22-13-19-9-5-6-10-20(19)14-24(22)29/h4-15,29H,1-3H3,(H,27,30)/b26-15-. The number of fused-ring (bicyclic) bond motifs is 1. The highest BCUT2D eigenvalue weighted by molar-refractivity contribution is 6.01. The highest BCUT2D eigenvalue weighted by Crippen LogP contribution is 2.25. The van der Waals surface area contributed by atoms with Crippen LogP contribution < -0.4 is 5.43 Å². The van der Waals surface area contributed by atoms with Crippen molar-refractivity contribution in [1.29, 1.82) is 0 Å². The third-order valence-corrected chi connectivity index (χ3v) is 5.31. The number of benzene rings is 3. The fourth-order valence-electron chi connectivity index (χ4n) is 3.73. The Bertz CT molecular complexity index is 1290. The maximum atomic E-state index is 12.5. The molecule has 0 saturated carbocycles. The Kier molecular flexibility index (Phi) is 5.11. The lowest BCUT2D eigenvalue weighted by molar-refractivity contribution is 0.0952. The van der Waals surface area contributed by atoms with Gasteiger partial charge in [-0.05, 0) is 61.4 Å². The van der Waals surface area contributed by atoms with Gasteiger partial charge in [-0.25, -0.2) is 5.43 Å². The zero-order chi connectivity index (χ0) is 21.3. The van der Waals surface area contributed by atoms with E-state index in [9.17, 15) is 9.90 Å². The summed E-state index contributed by atoms with van der Waals surface area (Å²) in [5, 5.41) is 16.1. The van der Waals surface area contributed by atoms with Gasteiger partial charge >= 0.3 is 0 Å². The average Bonchev–Trinajstić information content (AvgIpc) is 3.01. The molecular weight excluding hydrogens is 374 g/mol. The summed E-state index contributed by atoms with van der Waals surface area (Å²) in [4.78, 5) is 12.5. The number of phenolic OH excluding ortho intramolecular Hbond substituents is 1. The summed E-state index contributed by atoms with van der Waals surface area (Å²) in [6.07, 6.45) is 1.63. The van der Waals surface area contributed by atoms with Gasteiger partial charge in [0.25, 0.3) is 5.91 Å². The number of aromatic nitrogens is 1. The highest BCUT2D eigenvalue weighted by atomic mass is 16.3. The first-order chi connectivity index (χ1) is 14.5. The molecule has 5 heteroatoms. The van der Waals surface area contributed by atoms with Crippen LogP contribution >= 0.6 is 0 Å². The molecule has 0 bridgehead atoms. The molecule has 0 spiro atoms. The van der Waals surface area contributed by atoms with E-state index in [2.05, 4.69) is 34.2 Å². The van der Waals surface area contributed by atoms with Gasteiger partial charge in [0.1, 0.15) is 5.75 Å². The number of hydrazone groups is 1. The lowest BCUT2D eigenvalue weighted by Crippen LogP contribution is -2.17. The molecule has 0 fully saturated rings. The summed E-state index contributed by atoms with van der Waals surface area (Å²) in [5.74, 6) is -0.527. The minimum Gasteiger partial charge on any atom is -0.507 e. The van der Waals surface area contributed by atoms with Crippen LogP contribution in [0.1, 0.15) is 32.9 Å². The summed E-state index contributed by atoms with van der Waals surface area (Å²) in [5.41, 5.74) is 8.05. The minimum atomic E-state index is -0.456. The number of aryl methyl sites for hydroxylation is 2. The molecule has 2 N–H and O–H groups in total. The van der Waals surface area contributed by atoms with Gasteiger partial charge in [0.05, 0.1) is 11.8 Å². The first kappa shape index (κ1) is 19.5. The molecule has 1 aromatic heterocycles. The number of aromatic hydroxyl groups is 1. The number of hydrogen-bond acceptors (Lipinski definition) is 3. The summed E-state index contributed by atoms with van der Waals surface area (Å²) < 4.78 is 2.17. The third-order valence-electron chi connectivity index (χ3n) is 5.31. The molecule has 0 radical (unpaired) electrons. The monoisotopic (exact) mass is 397 g/mol. The molecular formula is C25H23N3O2. The zero-order valence-electron chi connectivity index (χ0n) is 17.2. The van der Waals surface area contributed by atoms with Gasteiger partial charge in [0, 0.05) is 22.6 Å². The van der Waals surface area contributed by atoms with Gasteiger partial charge in [-0.2, -0.15) is 5.10 Å². The zero-order valence-corrected chi connectivity index (χ0v) is 17.2. The number of amides is 1. The number of carbonyl (C=O) groups is 1. The molecule has 5 nitrogen and oxygen atoms in total. The molecule has 4 aromatic rings. The average molecular weight is 397 g/mol. The molecule has 1 amide bonds. The van der Waals surface area contributed by atoms with Crippen molar-refractivity contribution in [3.05, 3.63) is 94.8 Å². The van der Waals surface area contributed by atoms with Crippen LogP contribution in [0.3, 0.4) is 0 Å². The van der Waals surface area contributed by atoms with Crippen molar-refractivity contribution in [2.45, 2.75) is 20.8 Å². The molecule has 0 aliphatic heterocycles. The topological polar surface area (TPSA) is 66.6 Å². The van der Waals surface area contributed by atoms with Crippen molar-refractivity contribution < 1.29 is 9.90 Å². The summed E-state index contributed by atoms with van der Waals surface area (Å²) >= 11 is 0. The number of phenols is 1. The van der Waals surface area contributed by atoms with Crippen LogP contribution in [0.2, 0.25) is 0 Å². The first-order valence-electron chi connectivity index (χ1n) is 9.76. The molecule has 4 rings (SSSR count). The van der Waals surface area contributed by atoms with Crippen molar-refractivity contribution >= 4 is 22.9 Å². The quantitative estimate of drug-likeness (QED) is 0.375. The molecule has 1 heterocycles. The van der Waals surface area contributed by atoms with Crippen LogP contribution in [0.25, 0.3) is 16.5 Å². The Morgan fingerprint density at radius 1 is 0.967 bits per heavy atom. The summed E-state index contributed by atoms with van der Waals surface area (Å²) in [7, 11) is 0. The van der Waals surface area contributed by atoms with E-state index in [4.69, 9.17) is 0 Å². The minimum absolute atomic E-state index is 0.0702. The van der Waals surface area contributed by atoms with Gasteiger partial charge in [0.15, 0.2) is 0 Å². The number of nitrogens with zero attached hydrogens (tertiary/aromatic N) is 2. The number of para-hydroxylation sites is 1. The van der Waals surface area contributed by atoms with E-state index < -0.39 is 5.91 Å². The van der Waals surface area contributed by atoms with Crippen molar-refractivity contribution in [3.63, 3.8) is 0 Å². The van der Waals surface area contributed by atoms with Gasteiger partial charge in [-0.3, -0.25) is 4.79 Å². The van der Waals surface area contributed by atoms with Crippen molar-refractivity contribution in [3.8, 4) is 11.4 Å². The number of carbonyl (C=O) groups excluding carboxylic acids is 1. The number of rotatable bonds is 4. The predicted molar refractivity (Wildman–Crippen MR) is 121 cm³/mol.